The lowest BCUT2D eigenvalue weighted by Gasteiger charge is -2.01. The van der Waals surface area contributed by atoms with Gasteiger partial charge in [-0.2, -0.15) is 0 Å². The average molecular weight is 169 g/mol. The lowest BCUT2D eigenvalue weighted by Crippen LogP contribution is -2.23. The Kier molecular flexibility index (Phi) is 4.30. The summed E-state index contributed by atoms with van der Waals surface area (Å²) in [7, 11) is 0. The Labute approximate surface area is 74.7 Å². The van der Waals surface area contributed by atoms with Crippen molar-refractivity contribution in [3.05, 3.63) is 0 Å². The third-order valence-electron chi connectivity index (χ3n) is 2.28. The first-order valence-corrected chi connectivity index (χ1v) is 5.05. The van der Waals surface area contributed by atoms with Crippen LogP contribution in [-0.4, -0.2) is 18.9 Å². The van der Waals surface area contributed by atoms with Crippen LogP contribution >= 0.6 is 0 Å². The van der Waals surface area contributed by atoms with Gasteiger partial charge in [0.15, 0.2) is 0 Å². The van der Waals surface area contributed by atoms with Crippen molar-refractivity contribution in [3.8, 4) is 0 Å². The number of ketones is 1. The second-order valence-corrected chi connectivity index (χ2v) is 3.70. The molecule has 0 saturated heterocycles. The number of hydrogen-bond donors (Lipinski definition) is 1. The molecule has 12 heavy (non-hydrogen) atoms. The molecular formula is C10H19NO. The van der Waals surface area contributed by atoms with Crippen LogP contribution in [0.5, 0.6) is 0 Å². The molecule has 1 aliphatic rings. The Hall–Kier alpha value is -0.370. The minimum atomic E-state index is 0.385. The highest BCUT2D eigenvalue weighted by Crippen LogP contribution is 2.33. The molecule has 1 saturated carbocycles. The molecule has 0 radical (unpaired) electrons. The maximum atomic E-state index is 11.2. The monoisotopic (exact) mass is 169 g/mol. The van der Waals surface area contributed by atoms with Gasteiger partial charge < -0.3 is 5.32 Å². The Bertz CT molecular complexity index is 141. The number of carbonyl (C=O) groups excluding carboxylic acids is 1. The van der Waals surface area contributed by atoms with Gasteiger partial charge in [-0.25, -0.2) is 0 Å². The molecule has 0 unspecified atom stereocenters. The van der Waals surface area contributed by atoms with E-state index in [9.17, 15) is 4.79 Å². The summed E-state index contributed by atoms with van der Waals surface area (Å²) >= 11 is 0. The lowest BCUT2D eigenvalue weighted by molar-refractivity contribution is -0.118. The highest BCUT2D eigenvalue weighted by atomic mass is 16.1. The van der Waals surface area contributed by atoms with Crippen molar-refractivity contribution in [1.29, 1.82) is 0 Å². The predicted molar refractivity (Wildman–Crippen MR) is 50.1 cm³/mol. The molecule has 0 aromatic heterocycles. The predicted octanol–water partition coefficient (Wildman–Crippen LogP) is 1.75. The van der Waals surface area contributed by atoms with E-state index < -0.39 is 0 Å². The first-order chi connectivity index (χ1) is 5.83. The maximum Gasteiger partial charge on any atom is 0.146 e. The summed E-state index contributed by atoms with van der Waals surface area (Å²) in [6, 6.07) is 0. The standard InChI is InChI=1S/C10H19NO/c1-2-7-11-8-10(12)6-5-9-3-4-9/h9,11H,2-8H2,1H3. The quantitative estimate of drug-likeness (QED) is 0.588. The van der Waals surface area contributed by atoms with E-state index in [-0.39, 0.29) is 0 Å². The fourth-order valence-corrected chi connectivity index (χ4v) is 1.26. The van der Waals surface area contributed by atoms with Crippen LogP contribution in [0.1, 0.15) is 39.0 Å². The Morgan fingerprint density at radius 3 is 2.83 bits per heavy atom. The first kappa shape index (κ1) is 9.72. The molecule has 0 bridgehead atoms. The van der Waals surface area contributed by atoms with E-state index in [1.165, 1.54) is 12.8 Å². The Morgan fingerprint density at radius 2 is 2.25 bits per heavy atom. The molecule has 0 atom stereocenters. The van der Waals surface area contributed by atoms with Gasteiger partial charge in [0.25, 0.3) is 0 Å². The van der Waals surface area contributed by atoms with Crippen molar-refractivity contribution >= 4 is 5.78 Å². The molecule has 0 aliphatic heterocycles. The van der Waals surface area contributed by atoms with E-state index in [4.69, 9.17) is 0 Å². The largest absolute Gasteiger partial charge is 0.310 e. The van der Waals surface area contributed by atoms with Crippen LogP contribution in [0.2, 0.25) is 0 Å². The molecule has 0 aromatic rings. The molecule has 1 fully saturated rings. The number of Topliss-reactive ketones (excluding diaryl/α,β-unsaturated/α-hetero) is 1. The van der Waals surface area contributed by atoms with Gasteiger partial charge in [0.2, 0.25) is 0 Å². The van der Waals surface area contributed by atoms with E-state index in [0.717, 1.165) is 31.7 Å². The lowest BCUT2D eigenvalue weighted by atomic mass is 10.1. The molecule has 2 nitrogen and oxygen atoms in total. The van der Waals surface area contributed by atoms with Crippen molar-refractivity contribution in [2.24, 2.45) is 5.92 Å². The van der Waals surface area contributed by atoms with Crippen LogP contribution in [0.4, 0.5) is 0 Å². The second kappa shape index (κ2) is 5.31. The molecule has 0 spiro atoms. The van der Waals surface area contributed by atoms with E-state index in [2.05, 4.69) is 12.2 Å². The first-order valence-electron chi connectivity index (χ1n) is 5.05. The van der Waals surface area contributed by atoms with Crippen LogP contribution in [0.15, 0.2) is 0 Å². The van der Waals surface area contributed by atoms with Crippen molar-refractivity contribution in [1.82, 2.24) is 5.32 Å². The summed E-state index contributed by atoms with van der Waals surface area (Å²) in [4.78, 5) is 11.2. The summed E-state index contributed by atoms with van der Waals surface area (Å²) in [6.45, 7) is 3.66. The third-order valence-corrected chi connectivity index (χ3v) is 2.28. The van der Waals surface area contributed by atoms with Gasteiger partial charge in [0.1, 0.15) is 5.78 Å². The molecule has 1 aliphatic carbocycles. The van der Waals surface area contributed by atoms with Crippen LogP contribution in [0, 0.1) is 5.92 Å². The molecular weight excluding hydrogens is 150 g/mol. The van der Waals surface area contributed by atoms with Gasteiger partial charge >= 0.3 is 0 Å². The smallest absolute Gasteiger partial charge is 0.146 e. The van der Waals surface area contributed by atoms with Crippen LogP contribution in [0.25, 0.3) is 0 Å². The summed E-state index contributed by atoms with van der Waals surface area (Å²) in [5.74, 6) is 1.27. The minimum absolute atomic E-state index is 0.385. The van der Waals surface area contributed by atoms with Crippen LogP contribution < -0.4 is 5.32 Å². The summed E-state index contributed by atoms with van der Waals surface area (Å²) in [6.07, 6.45) is 5.75. The van der Waals surface area contributed by atoms with Crippen LogP contribution in [0.3, 0.4) is 0 Å². The van der Waals surface area contributed by atoms with Gasteiger partial charge in [0, 0.05) is 6.42 Å². The van der Waals surface area contributed by atoms with Gasteiger partial charge in [0.05, 0.1) is 6.54 Å². The molecule has 0 aromatic carbocycles. The topological polar surface area (TPSA) is 29.1 Å². The number of hydrogen-bond acceptors (Lipinski definition) is 2. The normalized spacial score (nSPS) is 16.4. The fourth-order valence-electron chi connectivity index (χ4n) is 1.26. The van der Waals surface area contributed by atoms with E-state index in [1.54, 1.807) is 0 Å². The van der Waals surface area contributed by atoms with Crippen molar-refractivity contribution in [3.63, 3.8) is 0 Å². The highest BCUT2D eigenvalue weighted by molar-refractivity contribution is 5.80. The Balaban J connectivity index is 1.88. The Morgan fingerprint density at radius 1 is 1.50 bits per heavy atom. The molecule has 0 heterocycles. The van der Waals surface area contributed by atoms with Crippen molar-refractivity contribution in [2.45, 2.75) is 39.0 Å². The molecule has 0 amide bonds. The zero-order valence-electron chi connectivity index (χ0n) is 7.94. The third kappa shape index (κ3) is 4.50. The maximum absolute atomic E-state index is 11.2. The summed E-state index contributed by atoms with van der Waals surface area (Å²) in [5, 5.41) is 3.13. The second-order valence-electron chi connectivity index (χ2n) is 3.70. The van der Waals surface area contributed by atoms with Crippen molar-refractivity contribution in [2.75, 3.05) is 13.1 Å². The minimum Gasteiger partial charge on any atom is -0.310 e. The highest BCUT2D eigenvalue weighted by Gasteiger charge is 2.21. The zero-order valence-corrected chi connectivity index (χ0v) is 7.94. The van der Waals surface area contributed by atoms with Gasteiger partial charge in [-0.15, -0.1) is 0 Å². The van der Waals surface area contributed by atoms with Gasteiger partial charge in [-0.3, -0.25) is 4.79 Å². The molecule has 2 heteroatoms. The average Bonchev–Trinajstić information content (AvgIpc) is 2.84. The molecule has 1 rings (SSSR count). The summed E-state index contributed by atoms with van der Waals surface area (Å²) < 4.78 is 0. The molecule has 70 valence electrons. The SMILES string of the molecule is CCCNCC(=O)CCC1CC1. The number of nitrogens with one attached hydrogen (secondary N) is 1. The summed E-state index contributed by atoms with van der Waals surface area (Å²) in [5.41, 5.74) is 0. The van der Waals surface area contributed by atoms with E-state index >= 15 is 0 Å². The number of carbonyl (C=O) groups is 1. The van der Waals surface area contributed by atoms with Crippen molar-refractivity contribution < 1.29 is 4.79 Å². The van der Waals surface area contributed by atoms with E-state index in [0.29, 0.717) is 12.3 Å². The van der Waals surface area contributed by atoms with Crippen LogP contribution in [-0.2, 0) is 4.79 Å². The van der Waals surface area contributed by atoms with E-state index in [1.807, 2.05) is 0 Å². The molecule has 1 N–H and O–H groups in total. The zero-order chi connectivity index (χ0) is 8.81. The van der Waals surface area contributed by atoms with Gasteiger partial charge in [-0.05, 0) is 25.3 Å². The number of rotatable bonds is 7. The fraction of sp³-hybridized carbons (Fsp3) is 0.900. The van der Waals surface area contributed by atoms with Gasteiger partial charge in [-0.1, -0.05) is 19.8 Å².